The molecule has 1 aliphatic heterocycles. The molecule has 0 atom stereocenters. The van der Waals surface area contributed by atoms with Crippen molar-refractivity contribution in [1.29, 1.82) is 0 Å². The third-order valence-electron chi connectivity index (χ3n) is 6.07. The topological polar surface area (TPSA) is 49.4 Å². The molecule has 2 aliphatic rings. The van der Waals surface area contributed by atoms with Gasteiger partial charge in [-0.3, -0.25) is 9.59 Å². The summed E-state index contributed by atoms with van der Waals surface area (Å²) in [6.07, 6.45) is 9.99. The second kappa shape index (κ2) is 9.12. The Bertz CT molecular complexity index is 877. The van der Waals surface area contributed by atoms with Crippen LogP contribution in [0.2, 0.25) is 0 Å². The number of rotatable bonds is 3. The normalized spacial score (nSPS) is 17.2. The van der Waals surface area contributed by atoms with Crippen LogP contribution in [0.5, 0.6) is 0 Å². The fraction of sp³-hybridized carbons (Fsp3) is 0.500. The zero-order valence-electron chi connectivity index (χ0n) is 17.3. The van der Waals surface area contributed by atoms with Crippen LogP contribution in [-0.2, 0) is 12.8 Å². The highest BCUT2D eigenvalue weighted by atomic mass is 32.1. The van der Waals surface area contributed by atoms with E-state index in [2.05, 4.69) is 5.32 Å². The third kappa shape index (κ3) is 4.55. The van der Waals surface area contributed by atoms with Crippen LogP contribution in [0, 0.1) is 6.92 Å². The Balaban J connectivity index is 1.66. The summed E-state index contributed by atoms with van der Waals surface area (Å²) in [5.74, 6) is -0.0168. The lowest BCUT2D eigenvalue weighted by Crippen LogP contribution is -2.33. The Morgan fingerprint density at radius 3 is 2.28 bits per heavy atom. The lowest BCUT2D eigenvalue weighted by molar-refractivity contribution is 0.0762. The van der Waals surface area contributed by atoms with Gasteiger partial charge >= 0.3 is 0 Å². The number of likely N-dealkylation sites (tertiary alicyclic amines) is 1. The van der Waals surface area contributed by atoms with Gasteiger partial charge in [0, 0.05) is 23.5 Å². The van der Waals surface area contributed by atoms with Crippen LogP contribution in [0.4, 0.5) is 5.00 Å². The fourth-order valence-electron chi connectivity index (χ4n) is 4.37. The van der Waals surface area contributed by atoms with Crippen molar-refractivity contribution in [3.8, 4) is 0 Å². The number of fused-ring (bicyclic) bond motifs is 1. The number of carbonyl (C=O) groups is 2. The van der Waals surface area contributed by atoms with E-state index >= 15 is 0 Å². The van der Waals surface area contributed by atoms with E-state index in [1.54, 1.807) is 11.3 Å². The lowest BCUT2D eigenvalue weighted by Gasteiger charge is -2.21. The molecule has 1 aliphatic carbocycles. The highest BCUT2D eigenvalue weighted by Gasteiger charge is 2.29. The van der Waals surface area contributed by atoms with Crippen molar-refractivity contribution in [3.05, 3.63) is 51.4 Å². The average molecular weight is 411 g/mol. The highest BCUT2D eigenvalue weighted by molar-refractivity contribution is 7.17. The van der Waals surface area contributed by atoms with Crippen LogP contribution in [0.3, 0.4) is 0 Å². The maximum Gasteiger partial charge on any atom is 0.257 e. The number of benzene rings is 1. The van der Waals surface area contributed by atoms with E-state index in [9.17, 15) is 9.59 Å². The number of nitrogens with zero attached hydrogens (tertiary/aromatic N) is 1. The van der Waals surface area contributed by atoms with Crippen LogP contribution < -0.4 is 5.32 Å². The van der Waals surface area contributed by atoms with Crippen molar-refractivity contribution in [2.75, 3.05) is 18.4 Å². The Morgan fingerprint density at radius 1 is 0.897 bits per heavy atom. The van der Waals surface area contributed by atoms with E-state index in [-0.39, 0.29) is 11.8 Å². The molecule has 1 aromatic heterocycles. The number of aryl methyl sites for hydroxylation is 2. The van der Waals surface area contributed by atoms with Gasteiger partial charge in [0.15, 0.2) is 0 Å². The van der Waals surface area contributed by atoms with Crippen molar-refractivity contribution in [1.82, 2.24) is 4.90 Å². The highest BCUT2D eigenvalue weighted by Crippen LogP contribution is 2.38. The first-order valence-corrected chi connectivity index (χ1v) is 11.8. The smallest absolute Gasteiger partial charge is 0.257 e. The molecule has 0 radical (unpaired) electrons. The minimum atomic E-state index is -0.133. The van der Waals surface area contributed by atoms with Gasteiger partial charge in [-0.25, -0.2) is 0 Å². The van der Waals surface area contributed by atoms with Crippen molar-refractivity contribution < 1.29 is 9.59 Å². The maximum atomic E-state index is 13.6. The largest absolute Gasteiger partial charge is 0.339 e. The predicted molar refractivity (Wildman–Crippen MR) is 119 cm³/mol. The van der Waals surface area contributed by atoms with E-state index in [1.165, 1.54) is 29.7 Å². The van der Waals surface area contributed by atoms with Gasteiger partial charge in [0.05, 0.1) is 5.56 Å². The number of carbonyl (C=O) groups excluding carboxylic acids is 2. The molecule has 1 aromatic carbocycles. The van der Waals surface area contributed by atoms with Gasteiger partial charge in [-0.2, -0.15) is 0 Å². The van der Waals surface area contributed by atoms with Gasteiger partial charge < -0.3 is 10.2 Å². The van der Waals surface area contributed by atoms with E-state index in [1.807, 2.05) is 36.1 Å². The zero-order valence-corrected chi connectivity index (χ0v) is 18.1. The number of hydrogen-bond acceptors (Lipinski definition) is 3. The van der Waals surface area contributed by atoms with Crippen molar-refractivity contribution >= 4 is 28.2 Å². The van der Waals surface area contributed by atoms with E-state index in [0.717, 1.165) is 67.7 Å². The average Bonchev–Trinajstić information content (AvgIpc) is 2.94. The van der Waals surface area contributed by atoms with Crippen LogP contribution in [0.15, 0.2) is 24.3 Å². The molecule has 1 N–H and O–H groups in total. The Hall–Kier alpha value is -2.14. The summed E-state index contributed by atoms with van der Waals surface area (Å²) >= 11 is 1.62. The molecule has 2 aromatic rings. The standard InChI is InChI=1S/C24H30N2O2S/c1-17-11-13-18(14-12-17)22(27)25-23-21(19-9-5-4-6-10-20(19)29-23)24(28)26-15-7-2-3-8-16-26/h11-14H,2-10,15-16H2,1H3,(H,25,27). The van der Waals surface area contributed by atoms with Crippen LogP contribution in [-0.4, -0.2) is 29.8 Å². The monoisotopic (exact) mass is 410 g/mol. The van der Waals surface area contributed by atoms with Crippen LogP contribution >= 0.6 is 11.3 Å². The van der Waals surface area contributed by atoms with Gasteiger partial charge in [0.25, 0.3) is 11.8 Å². The van der Waals surface area contributed by atoms with Crippen molar-refractivity contribution in [3.63, 3.8) is 0 Å². The third-order valence-corrected chi connectivity index (χ3v) is 7.28. The first kappa shape index (κ1) is 20.1. The molecule has 2 heterocycles. The Morgan fingerprint density at radius 2 is 1.55 bits per heavy atom. The summed E-state index contributed by atoms with van der Waals surface area (Å²) < 4.78 is 0. The van der Waals surface area contributed by atoms with E-state index in [0.29, 0.717) is 5.56 Å². The molecular weight excluding hydrogens is 380 g/mol. The Kier molecular flexibility index (Phi) is 6.34. The minimum absolute atomic E-state index is 0.116. The first-order valence-electron chi connectivity index (χ1n) is 11.0. The fourth-order valence-corrected chi connectivity index (χ4v) is 5.65. The van der Waals surface area contributed by atoms with Gasteiger partial charge in [-0.05, 0) is 63.1 Å². The summed E-state index contributed by atoms with van der Waals surface area (Å²) in [6, 6.07) is 7.59. The molecule has 1 fully saturated rings. The molecule has 0 unspecified atom stereocenters. The van der Waals surface area contributed by atoms with Gasteiger partial charge in [-0.15, -0.1) is 11.3 Å². The molecule has 1 saturated heterocycles. The molecule has 4 nitrogen and oxygen atoms in total. The van der Waals surface area contributed by atoms with Crippen molar-refractivity contribution in [2.45, 2.75) is 64.7 Å². The molecule has 154 valence electrons. The minimum Gasteiger partial charge on any atom is -0.339 e. The maximum absolute atomic E-state index is 13.6. The molecular formula is C24H30N2O2S. The lowest BCUT2D eigenvalue weighted by atomic mass is 10.0. The number of hydrogen-bond donors (Lipinski definition) is 1. The van der Waals surface area contributed by atoms with Crippen LogP contribution in [0.1, 0.15) is 81.7 Å². The number of nitrogens with one attached hydrogen (secondary N) is 1. The Labute approximate surface area is 177 Å². The summed E-state index contributed by atoms with van der Waals surface area (Å²) in [7, 11) is 0. The predicted octanol–water partition coefficient (Wildman–Crippen LogP) is 5.59. The first-order chi connectivity index (χ1) is 14.1. The quantitative estimate of drug-likeness (QED) is 0.670. The summed E-state index contributed by atoms with van der Waals surface area (Å²) in [5, 5.41) is 3.84. The van der Waals surface area contributed by atoms with Crippen LogP contribution in [0.25, 0.3) is 0 Å². The zero-order chi connectivity index (χ0) is 20.2. The molecule has 0 bridgehead atoms. The number of thiophene rings is 1. The number of amides is 2. The molecule has 5 heteroatoms. The van der Waals surface area contributed by atoms with E-state index in [4.69, 9.17) is 0 Å². The molecule has 4 rings (SSSR count). The molecule has 2 amide bonds. The number of anilines is 1. The van der Waals surface area contributed by atoms with Gasteiger partial charge in [-0.1, -0.05) is 37.0 Å². The summed E-state index contributed by atoms with van der Waals surface area (Å²) in [4.78, 5) is 29.8. The molecule has 0 spiro atoms. The second-order valence-corrected chi connectivity index (χ2v) is 9.40. The summed E-state index contributed by atoms with van der Waals surface area (Å²) in [5.41, 5.74) is 3.73. The SMILES string of the molecule is Cc1ccc(C(=O)Nc2sc3c(c2C(=O)N2CCCCCC2)CCCCC3)cc1. The second-order valence-electron chi connectivity index (χ2n) is 8.30. The summed E-state index contributed by atoms with van der Waals surface area (Å²) in [6.45, 7) is 3.67. The molecule has 29 heavy (non-hydrogen) atoms. The van der Waals surface area contributed by atoms with Crippen molar-refractivity contribution in [2.24, 2.45) is 0 Å². The molecule has 0 saturated carbocycles. The van der Waals surface area contributed by atoms with Gasteiger partial charge in [0.1, 0.15) is 5.00 Å². The van der Waals surface area contributed by atoms with Gasteiger partial charge in [0.2, 0.25) is 0 Å². The van der Waals surface area contributed by atoms with E-state index < -0.39 is 0 Å².